The molecule has 1 aromatic heterocycles. The third-order valence-electron chi connectivity index (χ3n) is 3.22. The molecule has 1 aliphatic heterocycles. The van der Waals surface area contributed by atoms with Crippen LogP contribution in [0.3, 0.4) is 0 Å². The summed E-state index contributed by atoms with van der Waals surface area (Å²) in [7, 11) is -3.78. The van der Waals surface area contributed by atoms with Crippen molar-refractivity contribution in [1.29, 1.82) is 0 Å². The van der Waals surface area contributed by atoms with Crippen molar-refractivity contribution in [2.45, 2.75) is 6.61 Å². The lowest BCUT2D eigenvalue weighted by Gasteiger charge is -2.25. The van der Waals surface area contributed by atoms with Gasteiger partial charge in [0.15, 0.2) is 9.84 Å². The molecule has 2 aliphatic rings. The molecule has 0 saturated carbocycles. The fraction of sp³-hybridized carbons (Fsp3) is 0.250. The summed E-state index contributed by atoms with van der Waals surface area (Å²) >= 11 is 0. The molecular weight excluding hydrogens is 284 g/mol. The third kappa shape index (κ3) is 1.69. The number of sulfone groups is 1. The first kappa shape index (κ1) is 12.9. The van der Waals surface area contributed by atoms with Gasteiger partial charge in [0.2, 0.25) is 11.6 Å². The van der Waals surface area contributed by atoms with E-state index in [9.17, 15) is 18.0 Å². The lowest BCUT2D eigenvalue weighted by molar-refractivity contribution is 0.0969. The highest BCUT2D eigenvalue weighted by Crippen LogP contribution is 2.29. The Morgan fingerprint density at radius 2 is 2.00 bits per heavy atom. The quantitative estimate of drug-likeness (QED) is 0.695. The number of fused-ring (bicyclic) bond motifs is 1. The fourth-order valence-corrected chi connectivity index (χ4v) is 3.70. The van der Waals surface area contributed by atoms with Gasteiger partial charge in [0.05, 0.1) is 23.6 Å². The molecule has 0 unspecified atom stereocenters. The van der Waals surface area contributed by atoms with Crippen LogP contribution < -0.4 is 5.32 Å². The highest BCUT2D eigenvalue weighted by atomic mass is 32.2. The van der Waals surface area contributed by atoms with Crippen LogP contribution >= 0.6 is 0 Å². The number of nitrogens with one attached hydrogen (secondary N) is 1. The molecule has 0 atom stereocenters. The minimum Gasteiger partial charge on any atom is -0.390 e. The zero-order valence-corrected chi connectivity index (χ0v) is 11.0. The maximum Gasteiger partial charge on any atom is 0.225 e. The molecule has 2 N–H and O–H groups in total. The molecule has 0 aromatic carbocycles. The topological polar surface area (TPSA) is 113 Å². The Bertz CT molecular complexity index is 779. The molecule has 0 radical (unpaired) electrons. The van der Waals surface area contributed by atoms with E-state index in [1.807, 2.05) is 0 Å². The Morgan fingerprint density at radius 1 is 1.25 bits per heavy atom. The standard InChI is InChI=1S/C12H10N2O5S/c15-5-6-1-2-7-8(14-6)11(17)12-9(10(7)16)13-3-4-20(12,18)19/h1-2,13,15H,3-5H2. The van der Waals surface area contributed by atoms with E-state index in [0.717, 1.165) is 0 Å². The molecule has 2 heterocycles. The Kier molecular flexibility index (Phi) is 2.73. The molecule has 0 bridgehead atoms. The van der Waals surface area contributed by atoms with Gasteiger partial charge in [-0.05, 0) is 12.1 Å². The van der Waals surface area contributed by atoms with Crippen LogP contribution in [0, 0.1) is 0 Å². The van der Waals surface area contributed by atoms with Gasteiger partial charge in [0, 0.05) is 6.54 Å². The van der Waals surface area contributed by atoms with E-state index in [1.54, 1.807) is 0 Å². The van der Waals surface area contributed by atoms with Gasteiger partial charge in [0.25, 0.3) is 0 Å². The van der Waals surface area contributed by atoms with Gasteiger partial charge in [-0.1, -0.05) is 0 Å². The molecule has 0 fully saturated rings. The van der Waals surface area contributed by atoms with Crippen molar-refractivity contribution in [3.05, 3.63) is 39.7 Å². The molecule has 20 heavy (non-hydrogen) atoms. The fourth-order valence-electron chi connectivity index (χ4n) is 2.27. The molecule has 3 rings (SSSR count). The second kappa shape index (κ2) is 4.22. The zero-order chi connectivity index (χ0) is 14.5. The van der Waals surface area contributed by atoms with Crippen molar-refractivity contribution in [1.82, 2.24) is 10.3 Å². The molecule has 104 valence electrons. The largest absolute Gasteiger partial charge is 0.390 e. The Balaban J connectivity index is 2.28. The van der Waals surface area contributed by atoms with Crippen molar-refractivity contribution in [3.8, 4) is 0 Å². The van der Waals surface area contributed by atoms with Gasteiger partial charge in [-0.25, -0.2) is 13.4 Å². The molecule has 1 aliphatic carbocycles. The molecule has 7 nitrogen and oxygen atoms in total. The summed E-state index contributed by atoms with van der Waals surface area (Å²) in [6.45, 7) is -0.302. The average Bonchev–Trinajstić information content (AvgIpc) is 2.43. The average molecular weight is 294 g/mol. The van der Waals surface area contributed by atoms with E-state index in [2.05, 4.69) is 10.3 Å². The second-order valence-electron chi connectivity index (χ2n) is 4.46. The van der Waals surface area contributed by atoms with Crippen LogP contribution in [0.5, 0.6) is 0 Å². The predicted molar refractivity (Wildman–Crippen MR) is 67.6 cm³/mol. The molecular formula is C12H10N2O5S. The summed E-state index contributed by atoms with van der Waals surface area (Å²) in [6, 6.07) is 2.80. The van der Waals surface area contributed by atoms with Gasteiger partial charge in [-0.2, -0.15) is 0 Å². The maximum atomic E-state index is 12.3. The monoisotopic (exact) mass is 294 g/mol. The normalized spacial score (nSPS) is 20.2. The first-order valence-corrected chi connectivity index (χ1v) is 7.52. The number of pyridine rings is 1. The number of aromatic nitrogens is 1. The summed E-state index contributed by atoms with van der Waals surface area (Å²) in [5, 5.41) is 11.7. The third-order valence-corrected chi connectivity index (χ3v) is 4.97. The van der Waals surface area contributed by atoms with E-state index in [-0.39, 0.29) is 34.9 Å². The smallest absolute Gasteiger partial charge is 0.225 e. The second-order valence-corrected chi connectivity index (χ2v) is 6.51. The van der Waals surface area contributed by atoms with Gasteiger partial charge in [-0.3, -0.25) is 9.59 Å². The summed E-state index contributed by atoms with van der Waals surface area (Å²) in [5.74, 6) is -1.59. The van der Waals surface area contributed by atoms with Crippen LogP contribution in [-0.2, 0) is 16.4 Å². The number of carbonyl (C=O) groups is 2. The number of hydrogen-bond donors (Lipinski definition) is 2. The number of nitrogens with zero attached hydrogens (tertiary/aromatic N) is 1. The predicted octanol–water partition coefficient (Wildman–Crippen LogP) is -0.818. The van der Waals surface area contributed by atoms with E-state index >= 15 is 0 Å². The highest BCUT2D eigenvalue weighted by molar-refractivity contribution is 7.96. The Morgan fingerprint density at radius 3 is 2.70 bits per heavy atom. The van der Waals surface area contributed by atoms with E-state index in [4.69, 9.17) is 5.11 Å². The summed E-state index contributed by atoms with van der Waals surface area (Å²) in [6.07, 6.45) is 0. The zero-order valence-electron chi connectivity index (χ0n) is 10.2. The van der Waals surface area contributed by atoms with Crippen LogP contribution in [0.1, 0.15) is 26.5 Å². The number of carbonyl (C=O) groups excluding carboxylic acids is 2. The van der Waals surface area contributed by atoms with Crippen LogP contribution in [-0.4, -0.2) is 42.4 Å². The summed E-state index contributed by atoms with van der Waals surface area (Å²) in [5.41, 5.74) is -0.134. The number of allylic oxidation sites excluding steroid dienone is 2. The van der Waals surface area contributed by atoms with Crippen LogP contribution in [0.15, 0.2) is 22.7 Å². The van der Waals surface area contributed by atoms with Gasteiger partial charge >= 0.3 is 0 Å². The molecule has 0 saturated heterocycles. The number of Topliss-reactive ketones (excluding diaryl/α,β-unsaturated/α-hetero) is 2. The van der Waals surface area contributed by atoms with Gasteiger partial charge in [-0.15, -0.1) is 0 Å². The van der Waals surface area contributed by atoms with Crippen molar-refractivity contribution in [2.24, 2.45) is 0 Å². The van der Waals surface area contributed by atoms with Crippen molar-refractivity contribution >= 4 is 21.4 Å². The maximum absolute atomic E-state index is 12.3. The van der Waals surface area contributed by atoms with Crippen molar-refractivity contribution in [2.75, 3.05) is 12.3 Å². The summed E-state index contributed by atoms with van der Waals surface area (Å²) in [4.78, 5) is 27.9. The first-order chi connectivity index (χ1) is 9.45. The number of hydrogen-bond acceptors (Lipinski definition) is 7. The van der Waals surface area contributed by atoms with Crippen molar-refractivity contribution in [3.63, 3.8) is 0 Å². The van der Waals surface area contributed by atoms with Crippen molar-refractivity contribution < 1.29 is 23.1 Å². The Hall–Kier alpha value is -2.06. The Labute approximate surface area is 114 Å². The van der Waals surface area contributed by atoms with Crippen LogP contribution in [0.4, 0.5) is 0 Å². The lowest BCUT2D eigenvalue weighted by atomic mass is 9.96. The number of rotatable bonds is 1. The minimum absolute atomic E-state index is 0.0514. The minimum atomic E-state index is -3.78. The van der Waals surface area contributed by atoms with E-state index < -0.39 is 32.9 Å². The SMILES string of the molecule is O=C1C2=C(C(=O)c3nc(CO)ccc31)S(=O)(=O)CCN2. The molecule has 0 spiro atoms. The lowest BCUT2D eigenvalue weighted by Crippen LogP contribution is -2.41. The first-order valence-electron chi connectivity index (χ1n) is 5.87. The van der Waals surface area contributed by atoms with Gasteiger partial charge < -0.3 is 10.4 Å². The molecule has 1 aromatic rings. The highest BCUT2D eigenvalue weighted by Gasteiger charge is 2.42. The molecule has 0 amide bonds. The molecule has 8 heteroatoms. The van der Waals surface area contributed by atoms with E-state index in [0.29, 0.717) is 0 Å². The van der Waals surface area contributed by atoms with E-state index in [1.165, 1.54) is 12.1 Å². The van der Waals surface area contributed by atoms with Crippen LogP contribution in [0.25, 0.3) is 0 Å². The number of aliphatic hydroxyl groups excluding tert-OH is 1. The summed E-state index contributed by atoms with van der Waals surface area (Å²) < 4.78 is 24.0. The van der Waals surface area contributed by atoms with Crippen LogP contribution in [0.2, 0.25) is 0 Å². The van der Waals surface area contributed by atoms with Gasteiger partial charge in [0.1, 0.15) is 16.3 Å². The number of aliphatic hydroxyl groups is 1. The number of ketones is 2.